The Balaban J connectivity index is 0.000000913. The summed E-state index contributed by atoms with van der Waals surface area (Å²) in [5.41, 5.74) is -0.431. The van der Waals surface area contributed by atoms with Crippen molar-refractivity contribution >= 4 is 23.1 Å². The van der Waals surface area contributed by atoms with Crippen molar-refractivity contribution in [2.75, 3.05) is 18.4 Å². The van der Waals surface area contributed by atoms with Gasteiger partial charge in [0, 0.05) is 41.3 Å². The summed E-state index contributed by atoms with van der Waals surface area (Å²) in [6, 6.07) is 4.75. The van der Waals surface area contributed by atoms with Crippen molar-refractivity contribution in [3.63, 3.8) is 0 Å². The second-order valence-corrected chi connectivity index (χ2v) is 7.19. The highest BCUT2D eigenvalue weighted by Gasteiger charge is 2.31. The van der Waals surface area contributed by atoms with E-state index in [1.165, 1.54) is 6.07 Å². The molecule has 32 heavy (non-hydrogen) atoms. The fourth-order valence-electron chi connectivity index (χ4n) is 3.55. The maximum absolute atomic E-state index is 12.9. The molecule has 4 N–H and O–H groups in total. The normalized spacial score (nSPS) is 16.5. The Morgan fingerprint density at radius 3 is 2.66 bits per heavy atom. The number of phenols is 1. The van der Waals surface area contributed by atoms with Gasteiger partial charge < -0.3 is 20.8 Å². The highest BCUT2D eigenvalue weighted by Crippen LogP contribution is 2.38. The Morgan fingerprint density at radius 2 is 1.94 bits per heavy atom. The number of nitrogens with zero attached hydrogens (tertiary/aromatic N) is 3. The predicted octanol–water partition coefficient (Wildman–Crippen LogP) is 3.67. The smallest absolute Gasteiger partial charge is 0.416 e. The molecule has 0 spiro atoms. The average molecular weight is 449 g/mol. The van der Waals surface area contributed by atoms with Gasteiger partial charge in [-0.15, -0.1) is 10.2 Å². The molecule has 1 atom stereocenters. The lowest BCUT2D eigenvalue weighted by Gasteiger charge is -2.18. The minimum atomic E-state index is -4.53. The number of nitrogens with one attached hydrogen (secondary N) is 2. The van der Waals surface area contributed by atoms with Gasteiger partial charge in [-0.25, -0.2) is 0 Å². The minimum absolute atomic E-state index is 0.185. The van der Waals surface area contributed by atoms with Crippen LogP contribution in [0.3, 0.4) is 0 Å². The summed E-state index contributed by atoms with van der Waals surface area (Å²) >= 11 is 0. The van der Waals surface area contributed by atoms with Gasteiger partial charge in [-0.2, -0.15) is 13.2 Å². The fraction of sp³-hybridized carbons (Fsp3) is 0.333. The molecule has 1 aromatic carbocycles. The second kappa shape index (κ2) is 10.2. The summed E-state index contributed by atoms with van der Waals surface area (Å²) in [6.07, 6.45) is 1.91. The molecule has 8 nitrogen and oxygen atoms in total. The molecule has 170 valence electrons. The highest BCUT2D eigenvalue weighted by molar-refractivity contribution is 6.00. The van der Waals surface area contributed by atoms with E-state index < -0.39 is 17.5 Å². The van der Waals surface area contributed by atoms with Crippen LogP contribution in [-0.4, -0.2) is 51.0 Å². The van der Waals surface area contributed by atoms with Crippen molar-refractivity contribution in [3.05, 3.63) is 42.2 Å². The van der Waals surface area contributed by atoms with Crippen molar-refractivity contribution in [2.45, 2.75) is 31.5 Å². The number of halogens is 3. The Hall–Kier alpha value is -3.47. The molecule has 1 saturated heterocycles. The summed E-state index contributed by atoms with van der Waals surface area (Å²) in [7, 11) is 0. The molecule has 1 aliphatic rings. The number of fused-ring (bicyclic) bond motifs is 1. The Bertz CT molecular complexity index is 1070. The van der Waals surface area contributed by atoms with E-state index in [1.807, 2.05) is 0 Å². The third kappa shape index (κ3) is 5.41. The van der Waals surface area contributed by atoms with Gasteiger partial charge in [0.05, 0.1) is 5.56 Å². The van der Waals surface area contributed by atoms with E-state index in [0.717, 1.165) is 38.4 Å². The number of rotatable bonds is 3. The number of anilines is 1. The van der Waals surface area contributed by atoms with Gasteiger partial charge in [0.2, 0.25) is 0 Å². The maximum atomic E-state index is 12.9. The van der Waals surface area contributed by atoms with Gasteiger partial charge in [0.15, 0.2) is 5.82 Å². The standard InChI is InChI=1S/C20H20F3N5O.CH2O2/c21-20(22,23)12-4-5-15(17(29)9-12)18-14-6-8-25-11-16(14)19(28-27-18)26-13-3-1-2-7-24-10-13;2-1-3/h4-6,8-9,11,13,24,29H,1-3,7,10H2,(H,26,28);1H,(H,2,3)/t13-;/m1./s1. The van der Waals surface area contributed by atoms with Gasteiger partial charge in [-0.3, -0.25) is 9.78 Å². The van der Waals surface area contributed by atoms with Crippen LogP contribution in [0.2, 0.25) is 0 Å². The van der Waals surface area contributed by atoms with Gasteiger partial charge >= 0.3 is 6.18 Å². The number of phenolic OH excluding ortho intramolecular Hbond substituents is 1. The van der Waals surface area contributed by atoms with E-state index in [2.05, 4.69) is 25.8 Å². The van der Waals surface area contributed by atoms with Gasteiger partial charge in [0.25, 0.3) is 6.47 Å². The molecular formula is C21H22F3N5O3. The van der Waals surface area contributed by atoms with Crippen LogP contribution in [0.15, 0.2) is 36.7 Å². The monoisotopic (exact) mass is 449 g/mol. The van der Waals surface area contributed by atoms with Crippen LogP contribution >= 0.6 is 0 Å². The molecule has 4 rings (SSSR count). The number of carbonyl (C=O) groups is 1. The van der Waals surface area contributed by atoms with Crippen molar-refractivity contribution < 1.29 is 28.2 Å². The van der Waals surface area contributed by atoms with Crippen LogP contribution in [0.1, 0.15) is 24.8 Å². The van der Waals surface area contributed by atoms with Crippen LogP contribution in [0, 0.1) is 0 Å². The van der Waals surface area contributed by atoms with E-state index in [0.29, 0.717) is 28.4 Å². The number of benzene rings is 1. The molecule has 0 aliphatic carbocycles. The zero-order valence-corrected chi connectivity index (χ0v) is 16.9. The van der Waals surface area contributed by atoms with Crippen LogP contribution in [0.4, 0.5) is 19.0 Å². The summed E-state index contributed by atoms with van der Waals surface area (Å²) < 4.78 is 38.7. The third-order valence-corrected chi connectivity index (χ3v) is 5.05. The van der Waals surface area contributed by atoms with Crippen LogP contribution in [-0.2, 0) is 11.0 Å². The minimum Gasteiger partial charge on any atom is -0.507 e. The molecule has 0 radical (unpaired) electrons. The fourth-order valence-corrected chi connectivity index (χ4v) is 3.55. The Kier molecular flexibility index (Phi) is 7.41. The molecular weight excluding hydrogens is 427 g/mol. The molecule has 3 aromatic rings. The molecule has 0 saturated carbocycles. The predicted molar refractivity (Wildman–Crippen MR) is 112 cm³/mol. The maximum Gasteiger partial charge on any atom is 0.416 e. The van der Waals surface area contributed by atoms with Crippen molar-refractivity contribution in [3.8, 4) is 17.0 Å². The summed E-state index contributed by atoms with van der Waals surface area (Å²) in [6.45, 7) is 1.54. The number of pyridine rings is 1. The van der Waals surface area contributed by atoms with Crippen molar-refractivity contribution in [2.24, 2.45) is 0 Å². The molecule has 1 aliphatic heterocycles. The molecule has 0 unspecified atom stereocenters. The van der Waals surface area contributed by atoms with E-state index in [1.54, 1.807) is 18.5 Å². The molecule has 0 amide bonds. The van der Waals surface area contributed by atoms with Crippen LogP contribution < -0.4 is 10.6 Å². The SMILES string of the molecule is O=CO.Oc1cc(C(F)(F)F)ccc1-c1nnc(N[C@@H]2CCCCNC2)c2cnccc12. The van der Waals surface area contributed by atoms with Crippen LogP contribution in [0.25, 0.3) is 22.0 Å². The van der Waals surface area contributed by atoms with E-state index in [9.17, 15) is 18.3 Å². The first-order chi connectivity index (χ1) is 15.3. The lowest BCUT2D eigenvalue weighted by molar-refractivity contribution is -0.137. The van der Waals surface area contributed by atoms with Gasteiger partial charge in [-0.05, 0) is 43.7 Å². The summed E-state index contributed by atoms with van der Waals surface area (Å²) in [4.78, 5) is 12.5. The van der Waals surface area contributed by atoms with Gasteiger partial charge in [0.1, 0.15) is 11.4 Å². The quantitative estimate of drug-likeness (QED) is 0.447. The summed E-state index contributed by atoms with van der Waals surface area (Å²) in [5, 5.41) is 33.7. The summed E-state index contributed by atoms with van der Waals surface area (Å²) in [5.74, 6) is 0.0675. The average Bonchev–Trinajstić information content (AvgIpc) is 3.03. The second-order valence-electron chi connectivity index (χ2n) is 7.19. The number of aromatic nitrogens is 3. The van der Waals surface area contributed by atoms with E-state index in [4.69, 9.17) is 9.90 Å². The number of hydrogen-bond donors (Lipinski definition) is 4. The first-order valence-electron chi connectivity index (χ1n) is 9.91. The Labute approximate surface area is 181 Å². The molecule has 11 heteroatoms. The molecule has 3 heterocycles. The van der Waals surface area contributed by atoms with Crippen molar-refractivity contribution in [1.82, 2.24) is 20.5 Å². The zero-order valence-electron chi connectivity index (χ0n) is 16.9. The van der Waals surface area contributed by atoms with E-state index >= 15 is 0 Å². The zero-order chi connectivity index (χ0) is 23.1. The molecule has 1 fully saturated rings. The van der Waals surface area contributed by atoms with Crippen molar-refractivity contribution in [1.29, 1.82) is 0 Å². The molecule has 0 bridgehead atoms. The first kappa shape index (κ1) is 23.2. The van der Waals surface area contributed by atoms with Crippen LogP contribution in [0.5, 0.6) is 5.75 Å². The Morgan fingerprint density at radius 1 is 1.16 bits per heavy atom. The molecule has 2 aromatic heterocycles. The lowest BCUT2D eigenvalue weighted by Crippen LogP contribution is -2.31. The third-order valence-electron chi connectivity index (χ3n) is 5.05. The first-order valence-corrected chi connectivity index (χ1v) is 9.91. The number of hydrogen-bond acceptors (Lipinski definition) is 7. The lowest BCUT2D eigenvalue weighted by atomic mass is 10.0. The topological polar surface area (TPSA) is 120 Å². The highest BCUT2D eigenvalue weighted by atomic mass is 19.4. The largest absolute Gasteiger partial charge is 0.507 e. The van der Waals surface area contributed by atoms with Gasteiger partial charge in [-0.1, -0.05) is 6.42 Å². The van der Waals surface area contributed by atoms with E-state index in [-0.39, 0.29) is 18.1 Å². The number of alkyl halides is 3. The number of aromatic hydroxyl groups is 1. The number of carboxylic acid groups (broad SMARTS) is 1.